The number of Topliss-reactive ketones (excluding diaryl/α,β-unsaturated/α-hetero) is 1. The lowest BCUT2D eigenvalue weighted by molar-refractivity contribution is -0.132. The Morgan fingerprint density at radius 3 is 2.23 bits per heavy atom. The number of amides is 1. The Kier molecular flexibility index (Phi) is 5.56. The maximum Gasteiger partial charge on any atom is 0.300 e. The molecule has 3 aromatic carbocycles. The number of carbonyl (C=O) groups is 2. The van der Waals surface area contributed by atoms with Gasteiger partial charge in [-0.3, -0.25) is 14.5 Å². The first-order valence-electron chi connectivity index (χ1n) is 9.36. The van der Waals surface area contributed by atoms with Gasteiger partial charge in [0.2, 0.25) is 0 Å². The highest BCUT2D eigenvalue weighted by Crippen LogP contribution is 2.43. The third-order valence-electron chi connectivity index (χ3n) is 5.18. The Morgan fingerprint density at radius 2 is 1.61 bits per heavy atom. The molecular weight excluding hydrogens is 440 g/mol. The molecule has 1 amide bonds. The van der Waals surface area contributed by atoms with Crippen molar-refractivity contribution in [2.45, 2.75) is 13.0 Å². The zero-order chi connectivity index (χ0) is 22.3. The lowest BCUT2D eigenvalue weighted by Crippen LogP contribution is -2.29. The fourth-order valence-corrected chi connectivity index (χ4v) is 3.85. The molecule has 0 saturated carbocycles. The zero-order valence-corrected chi connectivity index (χ0v) is 17.8. The number of aryl methyl sites for hydroxylation is 1. The maximum absolute atomic E-state index is 13.3. The number of halogens is 3. The number of hydrogen-bond donors (Lipinski definition) is 1. The van der Waals surface area contributed by atoms with Crippen molar-refractivity contribution in [3.63, 3.8) is 0 Å². The first-order valence-corrected chi connectivity index (χ1v) is 10.1. The van der Waals surface area contributed by atoms with Gasteiger partial charge in [-0.2, -0.15) is 0 Å². The molecule has 156 valence electrons. The van der Waals surface area contributed by atoms with Gasteiger partial charge in [0.05, 0.1) is 11.6 Å². The molecule has 7 heteroatoms. The molecule has 1 aliphatic heterocycles. The van der Waals surface area contributed by atoms with Crippen molar-refractivity contribution in [3.8, 4) is 0 Å². The van der Waals surface area contributed by atoms with Crippen LogP contribution >= 0.6 is 23.2 Å². The summed E-state index contributed by atoms with van der Waals surface area (Å²) in [6.07, 6.45) is 0. The Balaban J connectivity index is 1.95. The maximum atomic E-state index is 13.3. The van der Waals surface area contributed by atoms with E-state index in [1.165, 1.54) is 29.2 Å². The highest BCUT2D eigenvalue weighted by atomic mass is 35.5. The predicted octanol–water partition coefficient (Wildman–Crippen LogP) is 6.07. The van der Waals surface area contributed by atoms with Gasteiger partial charge in [0.15, 0.2) is 0 Å². The molecular formula is C24H16Cl2FNO3. The summed E-state index contributed by atoms with van der Waals surface area (Å²) in [5.41, 5.74) is 1.92. The Labute approximate surface area is 188 Å². The van der Waals surface area contributed by atoms with Crippen LogP contribution in [-0.4, -0.2) is 16.8 Å². The second-order valence-electron chi connectivity index (χ2n) is 7.16. The molecule has 0 aromatic heterocycles. The molecule has 0 bridgehead atoms. The molecule has 4 nitrogen and oxygen atoms in total. The summed E-state index contributed by atoms with van der Waals surface area (Å²) in [5, 5.41) is 11.9. The molecule has 0 aliphatic carbocycles. The van der Waals surface area contributed by atoms with Crippen LogP contribution in [0.25, 0.3) is 5.76 Å². The fraction of sp³-hybridized carbons (Fsp3) is 0.0833. The van der Waals surface area contributed by atoms with Crippen molar-refractivity contribution in [1.29, 1.82) is 0 Å². The molecule has 1 unspecified atom stereocenters. The van der Waals surface area contributed by atoms with Gasteiger partial charge in [0.1, 0.15) is 11.6 Å². The number of rotatable bonds is 3. The van der Waals surface area contributed by atoms with E-state index in [0.29, 0.717) is 21.3 Å². The molecule has 1 saturated heterocycles. The highest BCUT2D eigenvalue weighted by Gasteiger charge is 2.47. The molecule has 0 radical (unpaired) electrons. The smallest absolute Gasteiger partial charge is 0.300 e. The molecule has 1 atom stereocenters. The van der Waals surface area contributed by atoms with Crippen LogP contribution in [0.5, 0.6) is 0 Å². The second kappa shape index (κ2) is 8.17. The van der Waals surface area contributed by atoms with E-state index in [2.05, 4.69) is 0 Å². The molecule has 31 heavy (non-hydrogen) atoms. The van der Waals surface area contributed by atoms with E-state index in [9.17, 15) is 19.1 Å². The first-order chi connectivity index (χ1) is 14.8. The summed E-state index contributed by atoms with van der Waals surface area (Å²) in [4.78, 5) is 27.4. The van der Waals surface area contributed by atoms with E-state index >= 15 is 0 Å². The lowest BCUT2D eigenvalue weighted by atomic mass is 9.95. The van der Waals surface area contributed by atoms with E-state index in [0.717, 1.165) is 5.56 Å². The number of nitrogens with zero attached hydrogens (tertiary/aromatic N) is 1. The van der Waals surface area contributed by atoms with Crippen molar-refractivity contribution >= 4 is 46.3 Å². The van der Waals surface area contributed by atoms with E-state index in [1.54, 1.807) is 42.5 Å². The minimum Gasteiger partial charge on any atom is -0.507 e. The van der Waals surface area contributed by atoms with Gasteiger partial charge in [-0.1, -0.05) is 41.4 Å². The summed E-state index contributed by atoms with van der Waals surface area (Å²) >= 11 is 12.3. The predicted molar refractivity (Wildman–Crippen MR) is 119 cm³/mol. The largest absolute Gasteiger partial charge is 0.507 e. The van der Waals surface area contributed by atoms with Gasteiger partial charge in [-0.25, -0.2) is 4.39 Å². The van der Waals surface area contributed by atoms with E-state index in [-0.39, 0.29) is 16.9 Å². The Bertz CT molecular complexity index is 1220. The van der Waals surface area contributed by atoms with Crippen LogP contribution in [0.4, 0.5) is 10.1 Å². The van der Waals surface area contributed by atoms with Crippen molar-refractivity contribution in [1.82, 2.24) is 0 Å². The van der Waals surface area contributed by atoms with Gasteiger partial charge < -0.3 is 5.11 Å². The summed E-state index contributed by atoms with van der Waals surface area (Å²) in [6.45, 7) is 1.82. The Morgan fingerprint density at radius 1 is 0.968 bits per heavy atom. The summed E-state index contributed by atoms with van der Waals surface area (Å²) in [6, 6.07) is 15.8. The minimum absolute atomic E-state index is 0.101. The van der Waals surface area contributed by atoms with Crippen molar-refractivity contribution in [3.05, 3.63) is 105 Å². The van der Waals surface area contributed by atoms with Gasteiger partial charge in [-0.05, 0) is 66.6 Å². The Hall–Kier alpha value is -3.15. The minimum atomic E-state index is -0.916. The van der Waals surface area contributed by atoms with Crippen LogP contribution in [0, 0.1) is 12.7 Å². The summed E-state index contributed by atoms with van der Waals surface area (Å²) in [7, 11) is 0. The number of anilines is 1. The van der Waals surface area contributed by atoms with Crippen molar-refractivity contribution < 1.29 is 19.1 Å². The van der Waals surface area contributed by atoms with Crippen molar-refractivity contribution in [2.75, 3.05) is 4.90 Å². The van der Waals surface area contributed by atoms with Crippen LogP contribution < -0.4 is 4.90 Å². The topological polar surface area (TPSA) is 57.6 Å². The average Bonchev–Trinajstić information content (AvgIpc) is 3.01. The number of hydrogen-bond acceptors (Lipinski definition) is 3. The van der Waals surface area contributed by atoms with Crippen LogP contribution in [0.15, 0.2) is 72.3 Å². The number of aliphatic hydroxyl groups excluding tert-OH is 1. The van der Waals surface area contributed by atoms with Gasteiger partial charge in [0, 0.05) is 21.3 Å². The molecule has 3 aromatic rings. The highest BCUT2D eigenvalue weighted by molar-refractivity contribution is 6.51. The SMILES string of the molecule is Cc1ccc(N2C(=O)C(=O)/C(=C(/O)c3ccc(F)cc3)C2c2ccc(Cl)cc2)cc1Cl. The normalized spacial score (nSPS) is 17.9. The summed E-state index contributed by atoms with van der Waals surface area (Å²) in [5.74, 6) is -2.53. The number of aliphatic hydroxyl groups is 1. The average molecular weight is 456 g/mol. The third kappa shape index (κ3) is 3.82. The van der Waals surface area contributed by atoms with Crippen LogP contribution in [0.3, 0.4) is 0 Å². The van der Waals surface area contributed by atoms with Gasteiger partial charge in [0.25, 0.3) is 11.7 Å². The number of carbonyl (C=O) groups excluding carboxylic acids is 2. The zero-order valence-electron chi connectivity index (χ0n) is 16.3. The standard InChI is InChI=1S/C24H16Cl2FNO3/c1-13-2-11-18(12-19(13)26)28-21(14-3-7-16(25)8-4-14)20(23(30)24(28)31)22(29)15-5-9-17(27)10-6-15/h2-12,21,29H,1H3/b22-20+. The van der Waals surface area contributed by atoms with Gasteiger partial charge >= 0.3 is 0 Å². The molecule has 1 fully saturated rings. The number of ketones is 1. The van der Waals surface area contributed by atoms with Crippen LogP contribution in [0.2, 0.25) is 10.0 Å². The molecule has 1 heterocycles. The molecule has 1 aliphatic rings. The lowest BCUT2D eigenvalue weighted by Gasteiger charge is -2.26. The monoisotopic (exact) mass is 455 g/mol. The molecule has 4 rings (SSSR count). The second-order valence-corrected chi connectivity index (χ2v) is 8.00. The summed E-state index contributed by atoms with van der Waals surface area (Å²) < 4.78 is 13.3. The van der Waals surface area contributed by atoms with Crippen molar-refractivity contribution in [2.24, 2.45) is 0 Å². The van der Waals surface area contributed by atoms with Crippen LogP contribution in [0.1, 0.15) is 22.7 Å². The number of benzene rings is 3. The van der Waals surface area contributed by atoms with E-state index in [4.69, 9.17) is 23.2 Å². The van der Waals surface area contributed by atoms with Gasteiger partial charge in [-0.15, -0.1) is 0 Å². The fourth-order valence-electron chi connectivity index (χ4n) is 3.55. The third-order valence-corrected chi connectivity index (χ3v) is 5.84. The molecule has 0 spiro atoms. The quantitative estimate of drug-likeness (QED) is 0.296. The first kappa shape index (κ1) is 21.1. The van der Waals surface area contributed by atoms with E-state index < -0.39 is 23.5 Å². The molecule has 1 N–H and O–H groups in total. The van der Waals surface area contributed by atoms with E-state index in [1.807, 2.05) is 6.92 Å². The van der Waals surface area contributed by atoms with Crippen LogP contribution in [-0.2, 0) is 9.59 Å².